The number of nitrogens with zero attached hydrogens (tertiary/aromatic N) is 2. The van der Waals surface area contributed by atoms with E-state index >= 15 is 0 Å². The average molecular weight is 192 g/mol. The third-order valence-electron chi connectivity index (χ3n) is 3.05. The lowest BCUT2D eigenvalue weighted by Gasteiger charge is -2.37. The van der Waals surface area contributed by atoms with E-state index in [1.807, 2.05) is 6.07 Å². The van der Waals surface area contributed by atoms with Crippen molar-refractivity contribution in [3.63, 3.8) is 0 Å². The van der Waals surface area contributed by atoms with Crippen LogP contribution in [0.15, 0.2) is 18.5 Å². The first-order chi connectivity index (χ1) is 6.83. The van der Waals surface area contributed by atoms with E-state index in [0.29, 0.717) is 6.04 Å². The molecule has 76 valence electrons. The molecular formula is C11H16N2O. The van der Waals surface area contributed by atoms with Gasteiger partial charge in [0.25, 0.3) is 0 Å². The van der Waals surface area contributed by atoms with Crippen LogP contribution < -0.4 is 4.90 Å². The predicted molar refractivity (Wildman–Crippen MR) is 56.2 cm³/mol. The van der Waals surface area contributed by atoms with Gasteiger partial charge < -0.3 is 10.0 Å². The molecule has 0 aromatic carbocycles. The number of aliphatic hydroxyl groups is 1. The molecule has 1 saturated carbocycles. The van der Waals surface area contributed by atoms with E-state index in [-0.39, 0.29) is 6.61 Å². The standard InChI is InChI=1S/C11H16N2O/c1-13(10-3-2-4-10)11-5-6-12-7-9(11)8-14/h5-7,10,14H,2-4,8H2,1H3. The van der Waals surface area contributed by atoms with Crippen LogP contribution in [0.2, 0.25) is 0 Å². The molecule has 1 heterocycles. The fourth-order valence-electron chi connectivity index (χ4n) is 1.86. The molecule has 0 unspecified atom stereocenters. The van der Waals surface area contributed by atoms with E-state index in [1.54, 1.807) is 12.4 Å². The largest absolute Gasteiger partial charge is 0.392 e. The fourth-order valence-corrected chi connectivity index (χ4v) is 1.86. The summed E-state index contributed by atoms with van der Waals surface area (Å²) in [5.74, 6) is 0. The number of hydrogen-bond acceptors (Lipinski definition) is 3. The molecule has 0 spiro atoms. The Morgan fingerprint density at radius 3 is 2.93 bits per heavy atom. The maximum atomic E-state index is 9.17. The SMILES string of the molecule is CN(c1ccncc1CO)C1CCC1. The van der Waals surface area contributed by atoms with Crippen molar-refractivity contribution in [2.45, 2.75) is 31.9 Å². The second kappa shape index (κ2) is 3.96. The average Bonchev–Trinajstić information content (AvgIpc) is 2.15. The van der Waals surface area contributed by atoms with Gasteiger partial charge in [0.05, 0.1) is 6.61 Å². The van der Waals surface area contributed by atoms with Crippen molar-refractivity contribution in [1.29, 1.82) is 0 Å². The summed E-state index contributed by atoms with van der Waals surface area (Å²) in [5.41, 5.74) is 2.04. The number of rotatable bonds is 3. The fraction of sp³-hybridized carbons (Fsp3) is 0.545. The summed E-state index contributed by atoms with van der Waals surface area (Å²) < 4.78 is 0. The Hall–Kier alpha value is -1.09. The molecule has 2 rings (SSSR count). The van der Waals surface area contributed by atoms with Crippen LogP contribution in [0.1, 0.15) is 24.8 Å². The van der Waals surface area contributed by atoms with Gasteiger partial charge in [-0.25, -0.2) is 0 Å². The first-order valence-corrected chi connectivity index (χ1v) is 5.09. The Kier molecular flexibility index (Phi) is 2.68. The highest BCUT2D eigenvalue weighted by atomic mass is 16.3. The Labute approximate surface area is 84.4 Å². The van der Waals surface area contributed by atoms with Crippen LogP contribution in [0.5, 0.6) is 0 Å². The topological polar surface area (TPSA) is 36.4 Å². The monoisotopic (exact) mass is 192 g/mol. The summed E-state index contributed by atoms with van der Waals surface area (Å²) in [4.78, 5) is 6.28. The third kappa shape index (κ3) is 1.60. The van der Waals surface area contributed by atoms with E-state index in [0.717, 1.165) is 11.3 Å². The molecule has 1 aliphatic carbocycles. The van der Waals surface area contributed by atoms with Gasteiger partial charge in [-0.05, 0) is 25.3 Å². The lowest BCUT2D eigenvalue weighted by atomic mass is 9.91. The van der Waals surface area contributed by atoms with Gasteiger partial charge in [0.2, 0.25) is 0 Å². The van der Waals surface area contributed by atoms with Gasteiger partial charge >= 0.3 is 0 Å². The molecule has 1 aliphatic rings. The van der Waals surface area contributed by atoms with Gasteiger partial charge in [0.1, 0.15) is 0 Å². The summed E-state index contributed by atoms with van der Waals surface area (Å²) in [6, 6.07) is 2.63. The Bertz CT molecular complexity index is 310. The Morgan fingerprint density at radius 1 is 1.57 bits per heavy atom. The molecule has 14 heavy (non-hydrogen) atoms. The number of aliphatic hydroxyl groups excluding tert-OH is 1. The van der Waals surface area contributed by atoms with Gasteiger partial charge in [-0.3, -0.25) is 4.98 Å². The summed E-state index contributed by atoms with van der Waals surface area (Å²) in [7, 11) is 2.10. The third-order valence-corrected chi connectivity index (χ3v) is 3.05. The summed E-state index contributed by atoms with van der Waals surface area (Å²) >= 11 is 0. The quantitative estimate of drug-likeness (QED) is 0.789. The van der Waals surface area contributed by atoms with Crippen molar-refractivity contribution >= 4 is 5.69 Å². The van der Waals surface area contributed by atoms with Gasteiger partial charge in [0.15, 0.2) is 0 Å². The number of aromatic nitrogens is 1. The van der Waals surface area contributed by atoms with Gasteiger partial charge in [-0.2, -0.15) is 0 Å². The van der Waals surface area contributed by atoms with Gasteiger partial charge in [-0.1, -0.05) is 0 Å². The minimum atomic E-state index is 0.0697. The maximum absolute atomic E-state index is 9.17. The molecule has 0 atom stereocenters. The highest BCUT2D eigenvalue weighted by Gasteiger charge is 2.23. The second-order valence-electron chi connectivity index (χ2n) is 3.86. The molecule has 0 amide bonds. The van der Waals surface area contributed by atoms with Crippen molar-refractivity contribution in [3.8, 4) is 0 Å². The Morgan fingerprint density at radius 2 is 2.36 bits per heavy atom. The van der Waals surface area contributed by atoms with Crippen LogP contribution in [0.3, 0.4) is 0 Å². The van der Waals surface area contributed by atoms with E-state index in [1.165, 1.54) is 19.3 Å². The molecule has 3 nitrogen and oxygen atoms in total. The summed E-state index contributed by atoms with van der Waals surface area (Å²) in [5, 5.41) is 9.17. The van der Waals surface area contributed by atoms with E-state index < -0.39 is 0 Å². The van der Waals surface area contributed by atoms with Crippen LogP contribution in [-0.4, -0.2) is 23.2 Å². The molecule has 1 N–H and O–H groups in total. The number of pyridine rings is 1. The Balaban J connectivity index is 2.20. The normalized spacial score (nSPS) is 16.4. The lowest BCUT2D eigenvalue weighted by Crippen LogP contribution is -2.37. The van der Waals surface area contributed by atoms with Crippen LogP contribution in [0, 0.1) is 0 Å². The second-order valence-corrected chi connectivity index (χ2v) is 3.86. The molecular weight excluding hydrogens is 176 g/mol. The minimum Gasteiger partial charge on any atom is -0.392 e. The number of anilines is 1. The van der Waals surface area contributed by atoms with Crippen LogP contribution in [0.4, 0.5) is 5.69 Å². The van der Waals surface area contributed by atoms with E-state index in [9.17, 15) is 5.11 Å². The zero-order valence-corrected chi connectivity index (χ0v) is 8.48. The molecule has 1 aromatic heterocycles. The molecule has 0 radical (unpaired) electrons. The van der Waals surface area contributed by atoms with Crippen molar-refractivity contribution in [3.05, 3.63) is 24.0 Å². The van der Waals surface area contributed by atoms with Gasteiger partial charge in [-0.15, -0.1) is 0 Å². The summed E-state index contributed by atoms with van der Waals surface area (Å²) in [6.45, 7) is 0.0697. The van der Waals surface area contributed by atoms with Crippen LogP contribution >= 0.6 is 0 Å². The minimum absolute atomic E-state index is 0.0697. The van der Waals surface area contributed by atoms with Crippen LogP contribution in [-0.2, 0) is 6.61 Å². The maximum Gasteiger partial charge on any atom is 0.0717 e. The molecule has 3 heteroatoms. The van der Waals surface area contributed by atoms with Crippen molar-refractivity contribution < 1.29 is 5.11 Å². The zero-order chi connectivity index (χ0) is 9.97. The van der Waals surface area contributed by atoms with Gasteiger partial charge in [0, 0.05) is 36.7 Å². The van der Waals surface area contributed by atoms with Crippen molar-refractivity contribution in [1.82, 2.24) is 4.98 Å². The van der Waals surface area contributed by atoms with Crippen molar-refractivity contribution in [2.75, 3.05) is 11.9 Å². The first kappa shape index (κ1) is 9.46. The highest BCUT2D eigenvalue weighted by Crippen LogP contribution is 2.29. The van der Waals surface area contributed by atoms with E-state index in [4.69, 9.17) is 0 Å². The zero-order valence-electron chi connectivity index (χ0n) is 8.48. The van der Waals surface area contributed by atoms with Crippen molar-refractivity contribution in [2.24, 2.45) is 0 Å². The van der Waals surface area contributed by atoms with Crippen LogP contribution in [0.25, 0.3) is 0 Å². The highest BCUT2D eigenvalue weighted by molar-refractivity contribution is 5.52. The molecule has 0 aliphatic heterocycles. The molecule has 0 saturated heterocycles. The lowest BCUT2D eigenvalue weighted by molar-refractivity contribution is 0.281. The molecule has 0 bridgehead atoms. The van der Waals surface area contributed by atoms with E-state index in [2.05, 4.69) is 16.9 Å². The number of hydrogen-bond donors (Lipinski definition) is 1. The predicted octanol–water partition coefficient (Wildman–Crippen LogP) is 1.56. The molecule has 1 fully saturated rings. The molecule has 1 aromatic rings. The first-order valence-electron chi connectivity index (χ1n) is 5.09. The summed E-state index contributed by atoms with van der Waals surface area (Å²) in [6.07, 6.45) is 7.39. The smallest absolute Gasteiger partial charge is 0.0717 e.